The molecule has 0 aliphatic heterocycles. The molecule has 4 heteroatoms. The lowest BCUT2D eigenvalue weighted by molar-refractivity contribution is -0.140. The summed E-state index contributed by atoms with van der Waals surface area (Å²) in [6.07, 6.45) is 0.0942. The van der Waals surface area contributed by atoms with Crippen molar-refractivity contribution in [3.63, 3.8) is 0 Å². The minimum atomic E-state index is -0.777. The van der Waals surface area contributed by atoms with Gasteiger partial charge in [-0.05, 0) is 32.9 Å². The standard InChI is InChI=1S/C15H23NO3/c1-5-16(10-12(4)15(17)18)13-8-6-7-9-14(13)19-11(2)3/h6-9,11-12H,5,10H2,1-4H3,(H,17,18). The third-order valence-electron chi connectivity index (χ3n) is 2.87. The number of ether oxygens (including phenoxy) is 1. The Labute approximate surface area is 115 Å². The van der Waals surface area contributed by atoms with Crippen LogP contribution in [0.25, 0.3) is 0 Å². The molecule has 0 spiro atoms. The first-order valence-electron chi connectivity index (χ1n) is 6.69. The number of carbonyl (C=O) groups is 1. The van der Waals surface area contributed by atoms with Crippen molar-refractivity contribution in [3.8, 4) is 5.75 Å². The summed E-state index contributed by atoms with van der Waals surface area (Å²) < 4.78 is 5.78. The summed E-state index contributed by atoms with van der Waals surface area (Å²) in [4.78, 5) is 13.0. The molecular formula is C15H23NO3. The second kappa shape index (κ2) is 7.02. The van der Waals surface area contributed by atoms with Crippen molar-refractivity contribution >= 4 is 11.7 Å². The Hall–Kier alpha value is -1.71. The van der Waals surface area contributed by atoms with E-state index >= 15 is 0 Å². The van der Waals surface area contributed by atoms with Crippen molar-refractivity contribution in [2.45, 2.75) is 33.8 Å². The molecule has 19 heavy (non-hydrogen) atoms. The van der Waals surface area contributed by atoms with E-state index in [2.05, 4.69) is 0 Å². The van der Waals surface area contributed by atoms with Crippen LogP contribution in [0.5, 0.6) is 5.75 Å². The molecule has 0 heterocycles. The number of anilines is 1. The molecular weight excluding hydrogens is 242 g/mol. The number of aliphatic carboxylic acids is 1. The highest BCUT2D eigenvalue weighted by atomic mass is 16.5. The van der Waals surface area contributed by atoms with E-state index in [0.717, 1.165) is 18.0 Å². The lowest BCUT2D eigenvalue weighted by Gasteiger charge is -2.27. The van der Waals surface area contributed by atoms with Gasteiger partial charge in [-0.2, -0.15) is 0 Å². The quantitative estimate of drug-likeness (QED) is 0.823. The van der Waals surface area contributed by atoms with E-state index in [1.807, 2.05) is 49.9 Å². The second-order valence-corrected chi connectivity index (χ2v) is 4.91. The summed E-state index contributed by atoms with van der Waals surface area (Å²) in [5.41, 5.74) is 0.951. The molecule has 0 radical (unpaired) electrons. The van der Waals surface area contributed by atoms with Gasteiger partial charge in [0.2, 0.25) is 0 Å². The van der Waals surface area contributed by atoms with Gasteiger partial charge in [-0.15, -0.1) is 0 Å². The maximum Gasteiger partial charge on any atom is 0.308 e. The van der Waals surface area contributed by atoms with Crippen molar-refractivity contribution in [1.29, 1.82) is 0 Å². The summed E-state index contributed by atoms with van der Waals surface area (Å²) in [7, 11) is 0. The van der Waals surface area contributed by atoms with Crippen LogP contribution in [-0.4, -0.2) is 30.3 Å². The molecule has 1 rings (SSSR count). The number of rotatable bonds is 7. The fourth-order valence-electron chi connectivity index (χ4n) is 1.88. The van der Waals surface area contributed by atoms with Gasteiger partial charge in [-0.25, -0.2) is 0 Å². The zero-order valence-corrected chi connectivity index (χ0v) is 12.1. The second-order valence-electron chi connectivity index (χ2n) is 4.91. The van der Waals surface area contributed by atoms with Crippen LogP contribution in [0.2, 0.25) is 0 Å². The number of benzene rings is 1. The molecule has 1 N–H and O–H groups in total. The third kappa shape index (κ3) is 4.47. The van der Waals surface area contributed by atoms with Crippen LogP contribution in [0.1, 0.15) is 27.7 Å². The SMILES string of the molecule is CCN(CC(C)C(=O)O)c1ccccc1OC(C)C. The molecule has 4 nitrogen and oxygen atoms in total. The van der Waals surface area contributed by atoms with Crippen LogP contribution < -0.4 is 9.64 Å². The number of nitrogens with zero attached hydrogens (tertiary/aromatic N) is 1. The summed E-state index contributed by atoms with van der Waals surface area (Å²) in [5.74, 6) is -0.385. The Morgan fingerprint density at radius 1 is 1.32 bits per heavy atom. The van der Waals surface area contributed by atoms with Crippen LogP contribution in [0.4, 0.5) is 5.69 Å². The zero-order chi connectivity index (χ0) is 14.4. The van der Waals surface area contributed by atoms with E-state index < -0.39 is 11.9 Å². The zero-order valence-electron chi connectivity index (χ0n) is 12.1. The summed E-state index contributed by atoms with van der Waals surface area (Å²) in [6, 6.07) is 7.76. The third-order valence-corrected chi connectivity index (χ3v) is 2.87. The maximum atomic E-state index is 11.0. The average molecular weight is 265 g/mol. The molecule has 0 bridgehead atoms. The lowest BCUT2D eigenvalue weighted by atomic mass is 10.1. The van der Waals surface area contributed by atoms with Gasteiger partial charge in [-0.3, -0.25) is 4.79 Å². The molecule has 106 valence electrons. The van der Waals surface area contributed by atoms with Gasteiger partial charge in [0.05, 0.1) is 17.7 Å². The molecule has 0 fully saturated rings. The Balaban J connectivity index is 2.94. The highest BCUT2D eigenvalue weighted by molar-refractivity contribution is 5.71. The molecule has 0 aliphatic carbocycles. The molecule has 0 aliphatic rings. The van der Waals surface area contributed by atoms with Crippen LogP contribution in [0.3, 0.4) is 0 Å². The molecule has 1 aromatic rings. The summed E-state index contributed by atoms with van der Waals surface area (Å²) in [5, 5.41) is 9.03. The fraction of sp³-hybridized carbons (Fsp3) is 0.533. The van der Waals surface area contributed by atoms with Crippen molar-refractivity contribution in [3.05, 3.63) is 24.3 Å². The minimum absolute atomic E-state index is 0.0942. The smallest absolute Gasteiger partial charge is 0.308 e. The van der Waals surface area contributed by atoms with Crippen LogP contribution in [-0.2, 0) is 4.79 Å². The lowest BCUT2D eigenvalue weighted by Crippen LogP contribution is -2.32. The number of hydrogen-bond donors (Lipinski definition) is 1. The Bertz CT molecular complexity index is 418. The summed E-state index contributed by atoms with van der Waals surface area (Å²) >= 11 is 0. The van der Waals surface area contributed by atoms with E-state index in [1.165, 1.54) is 0 Å². The topological polar surface area (TPSA) is 49.8 Å². The van der Waals surface area contributed by atoms with Crippen LogP contribution in [0, 0.1) is 5.92 Å². The molecule has 0 amide bonds. The Morgan fingerprint density at radius 2 is 1.95 bits per heavy atom. The first kappa shape index (κ1) is 15.3. The molecule has 1 unspecified atom stereocenters. The van der Waals surface area contributed by atoms with Crippen molar-refractivity contribution in [1.82, 2.24) is 0 Å². The van der Waals surface area contributed by atoms with E-state index in [4.69, 9.17) is 9.84 Å². The largest absolute Gasteiger partial charge is 0.489 e. The molecule has 0 saturated heterocycles. The van der Waals surface area contributed by atoms with Gasteiger partial charge in [-0.1, -0.05) is 19.1 Å². The van der Waals surface area contributed by atoms with E-state index in [1.54, 1.807) is 6.92 Å². The van der Waals surface area contributed by atoms with Gasteiger partial charge < -0.3 is 14.7 Å². The monoisotopic (exact) mass is 265 g/mol. The van der Waals surface area contributed by atoms with E-state index in [0.29, 0.717) is 6.54 Å². The molecule has 0 saturated carbocycles. The van der Waals surface area contributed by atoms with Gasteiger partial charge in [0.15, 0.2) is 0 Å². The predicted octanol–water partition coefficient (Wildman–Crippen LogP) is 3.02. The number of carboxylic acid groups (broad SMARTS) is 1. The Morgan fingerprint density at radius 3 is 2.47 bits per heavy atom. The Kier molecular flexibility index (Phi) is 5.67. The van der Waals surface area contributed by atoms with Crippen molar-refractivity contribution in [2.75, 3.05) is 18.0 Å². The number of para-hydroxylation sites is 2. The van der Waals surface area contributed by atoms with Crippen LogP contribution in [0.15, 0.2) is 24.3 Å². The highest BCUT2D eigenvalue weighted by Gasteiger charge is 2.18. The number of carboxylic acids is 1. The van der Waals surface area contributed by atoms with Gasteiger partial charge in [0.25, 0.3) is 0 Å². The average Bonchev–Trinajstić information content (AvgIpc) is 2.35. The van der Waals surface area contributed by atoms with Crippen molar-refractivity contribution in [2.24, 2.45) is 5.92 Å². The first-order valence-corrected chi connectivity index (χ1v) is 6.69. The van der Waals surface area contributed by atoms with E-state index in [9.17, 15) is 4.79 Å². The minimum Gasteiger partial charge on any atom is -0.489 e. The number of hydrogen-bond acceptors (Lipinski definition) is 3. The predicted molar refractivity (Wildman–Crippen MR) is 76.9 cm³/mol. The molecule has 1 aromatic carbocycles. The summed E-state index contributed by atoms with van der Waals surface area (Å²) in [6.45, 7) is 8.91. The van der Waals surface area contributed by atoms with Crippen molar-refractivity contribution < 1.29 is 14.6 Å². The fourth-order valence-corrected chi connectivity index (χ4v) is 1.88. The normalized spacial score (nSPS) is 12.3. The van der Waals surface area contributed by atoms with E-state index in [-0.39, 0.29) is 6.10 Å². The van der Waals surface area contributed by atoms with Gasteiger partial charge in [0, 0.05) is 13.1 Å². The van der Waals surface area contributed by atoms with Gasteiger partial charge in [0.1, 0.15) is 5.75 Å². The van der Waals surface area contributed by atoms with Gasteiger partial charge >= 0.3 is 5.97 Å². The van der Waals surface area contributed by atoms with Crippen LogP contribution >= 0.6 is 0 Å². The highest BCUT2D eigenvalue weighted by Crippen LogP contribution is 2.29. The molecule has 0 aromatic heterocycles. The maximum absolute atomic E-state index is 11.0. The molecule has 1 atom stereocenters. The first-order chi connectivity index (χ1) is 8.95.